The molecule has 158 valence electrons. The van der Waals surface area contributed by atoms with Crippen LogP contribution >= 0.6 is 0 Å². The maximum atomic E-state index is 5.98. The van der Waals surface area contributed by atoms with Crippen molar-refractivity contribution in [3.63, 3.8) is 0 Å². The Bertz CT molecular complexity index is 1180. The number of H-pyrrole nitrogens is 2. The van der Waals surface area contributed by atoms with Gasteiger partial charge in [0.15, 0.2) is 0 Å². The Morgan fingerprint density at radius 3 is 1.52 bits per heavy atom. The van der Waals surface area contributed by atoms with E-state index in [4.69, 9.17) is 11.5 Å². The van der Waals surface area contributed by atoms with Crippen molar-refractivity contribution in [1.29, 1.82) is 0 Å². The van der Waals surface area contributed by atoms with Crippen molar-refractivity contribution >= 4 is 18.4 Å². The minimum Gasteiger partial charge on any atom is -0.341 e. The first kappa shape index (κ1) is 19.9. The van der Waals surface area contributed by atoms with Crippen molar-refractivity contribution < 1.29 is 0 Å². The van der Waals surface area contributed by atoms with E-state index in [1.165, 1.54) is 21.5 Å². The van der Waals surface area contributed by atoms with Crippen LogP contribution in [0.15, 0.2) is 48.8 Å². The van der Waals surface area contributed by atoms with Gasteiger partial charge in [-0.3, -0.25) is 0 Å². The highest BCUT2D eigenvalue weighted by Crippen LogP contribution is 2.33. The van der Waals surface area contributed by atoms with E-state index in [0.29, 0.717) is 0 Å². The normalized spacial score (nSPS) is 16.1. The lowest BCUT2D eigenvalue weighted by molar-refractivity contribution is 0.756. The molecule has 4 aromatic rings. The maximum absolute atomic E-state index is 5.98. The lowest BCUT2D eigenvalue weighted by Crippen LogP contribution is -2.49. The molecule has 1 aliphatic rings. The van der Waals surface area contributed by atoms with Crippen LogP contribution in [-0.2, 0) is 0 Å². The van der Waals surface area contributed by atoms with Crippen molar-refractivity contribution in [2.24, 2.45) is 11.5 Å². The van der Waals surface area contributed by atoms with E-state index >= 15 is 0 Å². The van der Waals surface area contributed by atoms with Crippen molar-refractivity contribution in [3.05, 3.63) is 60.4 Å². The molecule has 0 saturated heterocycles. The van der Waals surface area contributed by atoms with E-state index in [-0.39, 0.29) is 12.1 Å². The molecule has 0 radical (unpaired) electrons. The van der Waals surface area contributed by atoms with Crippen LogP contribution in [0, 0.1) is 0 Å². The summed E-state index contributed by atoms with van der Waals surface area (Å²) in [5.74, 6) is 1.62. The molecule has 0 fully saturated rings. The Labute approximate surface area is 183 Å². The lowest BCUT2D eigenvalue weighted by atomic mass is 10.0. The molecule has 1 aliphatic heterocycles. The third kappa shape index (κ3) is 3.17. The lowest BCUT2D eigenvalue weighted by Gasteiger charge is -2.20. The Hall–Kier alpha value is -3.00. The Kier molecular flexibility index (Phi) is 4.51. The molecular formula is C24H28N6Si. The van der Waals surface area contributed by atoms with E-state index in [0.717, 1.165) is 34.2 Å². The van der Waals surface area contributed by atoms with Gasteiger partial charge in [-0.25, -0.2) is 9.97 Å². The summed E-state index contributed by atoms with van der Waals surface area (Å²) in [6.45, 7) is 8.72. The first-order chi connectivity index (χ1) is 14.8. The summed E-state index contributed by atoms with van der Waals surface area (Å²) in [4.78, 5) is 15.6. The number of nitrogens with zero attached hydrogens (tertiary/aromatic N) is 2. The highest BCUT2D eigenvalue weighted by molar-refractivity contribution is 7.03. The van der Waals surface area contributed by atoms with Gasteiger partial charge >= 0.3 is 0 Å². The number of aromatic nitrogens is 4. The van der Waals surface area contributed by atoms with Crippen LogP contribution in [0.25, 0.3) is 33.6 Å². The Balaban J connectivity index is 1.56. The summed E-state index contributed by atoms with van der Waals surface area (Å²) < 4.78 is 0. The summed E-state index contributed by atoms with van der Waals surface area (Å²) in [5.41, 5.74) is 19.0. The number of nitrogens with two attached hydrogens (primary N) is 2. The van der Waals surface area contributed by atoms with Crippen LogP contribution in [0.5, 0.6) is 0 Å². The monoisotopic (exact) mass is 428 g/mol. The highest BCUT2D eigenvalue weighted by atomic mass is 28.3. The predicted octanol–water partition coefficient (Wildman–Crippen LogP) is 3.31. The zero-order chi connectivity index (χ0) is 21.9. The number of aromatic amines is 2. The Morgan fingerprint density at radius 2 is 1.16 bits per heavy atom. The number of imidazole rings is 2. The van der Waals surface area contributed by atoms with Gasteiger partial charge in [0.1, 0.15) is 19.7 Å². The molecule has 0 bridgehead atoms. The molecule has 0 spiro atoms. The van der Waals surface area contributed by atoms with E-state index < -0.39 is 8.07 Å². The molecule has 0 amide bonds. The summed E-state index contributed by atoms with van der Waals surface area (Å²) >= 11 is 0. The average molecular weight is 429 g/mol. The van der Waals surface area contributed by atoms with Gasteiger partial charge < -0.3 is 21.4 Å². The predicted molar refractivity (Wildman–Crippen MR) is 129 cm³/mol. The second-order valence-corrected chi connectivity index (χ2v) is 13.4. The molecule has 0 unspecified atom stereocenters. The van der Waals surface area contributed by atoms with E-state index in [2.05, 4.69) is 69.4 Å². The standard InChI is InChI=1S/C24H28N6Si/c1-13(25)23-27-11-19(29-23)15-5-7-17-18-8-6-16(20-12-28-24(30-20)14(2)26)10-22(18)31(3,4)21(17)9-15/h5-14H,25-26H2,1-4H3,(H,27,29)(H,28,30)/t13-,14-/m1/s1. The van der Waals surface area contributed by atoms with E-state index in [9.17, 15) is 0 Å². The number of nitrogens with one attached hydrogen (secondary N) is 2. The Morgan fingerprint density at radius 1 is 0.742 bits per heavy atom. The van der Waals surface area contributed by atoms with Crippen LogP contribution < -0.4 is 21.8 Å². The van der Waals surface area contributed by atoms with Crippen molar-refractivity contribution in [1.82, 2.24) is 19.9 Å². The topological polar surface area (TPSA) is 109 Å². The van der Waals surface area contributed by atoms with Gasteiger partial charge in [-0.05, 0) is 46.5 Å². The molecule has 6 nitrogen and oxygen atoms in total. The molecule has 5 rings (SSSR count). The van der Waals surface area contributed by atoms with Crippen LogP contribution in [-0.4, -0.2) is 28.0 Å². The van der Waals surface area contributed by atoms with Gasteiger partial charge in [-0.1, -0.05) is 49.5 Å². The molecule has 2 atom stereocenters. The van der Waals surface area contributed by atoms with Crippen LogP contribution in [0.1, 0.15) is 37.6 Å². The minimum absolute atomic E-state index is 0.109. The van der Waals surface area contributed by atoms with E-state index in [1.54, 1.807) is 0 Å². The first-order valence-corrected chi connectivity index (χ1v) is 13.7. The number of rotatable bonds is 4. The fourth-order valence-electron chi connectivity index (χ4n) is 4.50. The van der Waals surface area contributed by atoms with Gasteiger partial charge in [0.05, 0.1) is 35.9 Å². The third-order valence-corrected chi connectivity index (χ3v) is 9.87. The maximum Gasteiger partial charge on any atom is 0.123 e. The fourth-order valence-corrected chi connectivity index (χ4v) is 7.61. The quantitative estimate of drug-likeness (QED) is 0.374. The SMILES string of the molecule is C[C@@H](N)c1ncc(-c2ccc3c(c2)[Si](C)(C)c2cc(-c4cnc([C@@H](C)N)[nH]4)ccc2-3)[nH]1. The largest absolute Gasteiger partial charge is 0.341 e. The van der Waals surface area contributed by atoms with Gasteiger partial charge in [-0.15, -0.1) is 0 Å². The minimum atomic E-state index is -1.86. The molecule has 0 aliphatic carbocycles. The molecule has 0 saturated carbocycles. The summed E-state index contributed by atoms with van der Waals surface area (Å²) in [5, 5.41) is 2.91. The van der Waals surface area contributed by atoms with Gasteiger partial charge in [-0.2, -0.15) is 0 Å². The second kappa shape index (κ2) is 7.02. The summed E-state index contributed by atoms with van der Waals surface area (Å²) in [6, 6.07) is 13.3. The number of hydrogen-bond acceptors (Lipinski definition) is 4. The van der Waals surface area contributed by atoms with Gasteiger partial charge in [0, 0.05) is 0 Å². The van der Waals surface area contributed by atoms with Crippen LogP contribution in [0.2, 0.25) is 13.1 Å². The zero-order valence-electron chi connectivity index (χ0n) is 18.3. The molecule has 2 aromatic carbocycles. The first-order valence-electron chi connectivity index (χ1n) is 10.7. The summed E-state index contributed by atoms with van der Waals surface area (Å²) in [6.07, 6.45) is 3.76. The van der Waals surface area contributed by atoms with Crippen LogP contribution in [0.3, 0.4) is 0 Å². The average Bonchev–Trinajstić information content (AvgIpc) is 3.46. The molecule has 7 heteroatoms. The fraction of sp³-hybridized carbons (Fsp3) is 0.250. The molecule has 31 heavy (non-hydrogen) atoms. The van der Waals surface area contributed by atoms with Gasteiger partial charge in [0.25, 0.3) is 0 Å². The molecule has 6 N–H and O–H groups in total. The number of hydrogen-bond donors (Lipinski definition) is 4. The highest BCUT2D eigenvalue weighted by Gasteiger charge is 2.38. The van der Waals surface area contributed by atoms with Crippen molar-refractivity contribution in [2.45, 2.75) is 39.0 Å². The molecule has 2 aromatic heterocycles. The van der Waals surface area contributed by atoms with Crippen molar-refractivity contribution in [2.75, 3.05) is 0 Å². The summed E-state index contributed by atoms with van der Waals surface area (Å²) in [7, 11) is -1.86. The van der Waals surface area contributed by atoms with E-state index in [1.807, 2.05) is 26.2 Å². The van der Waals surface area contributed by atoms with Crippen LogP contribution in [0.4, 0.5) is 0 Å². The zero-order valence-corrected chi connectivity index (χ0v) is 19.3. The third-order valence-electron chi connectivity index (χ3n) is 6.35. The second-order valence-electron chi connectivity index (χ2n) is 9.09. The molecular weight excluding hydrogens is 400 g/mol. The van der Waals surface area contributed by atoms with Gasteiger partial charge in [0.2, 0.25) is 0 Å². The number of benzene rings is 2. The molecule has 3 heterocycles. The van der Waals surface area contributed by atoms with Crippen molar-refractivity contribution in [3.8, 4) is 33.6 Å². The number of fused-ring (bicyclic) bond motifs is 3. The smallest absolute Gasteiger partial charge is 0.123 e.